The number of carbonyl (C=O) groups excluding carboxylic acids is 1. The first-order valence-corrected chi connectivity index (χ1v) is 7.70. The van der Waals surface area contributed by atoms with E-state index in [-0.39, 0.29) is 0 Å². The molecular weight excluding hydrogens is 266 g/mol. The second-order valence-electron chi connectivity index (χ2n) is 5.47. The number of halogens is 1. The predicted molar refractivity (Wildman–Crippen MR) is 69.5 cm³/mol. The molecule has 2 rings (SSSR count). The van der Waals surface area contributed by atoms with E-state index in [1.165, 1.54) is 25.7 Å². The second-order valence-corrected chi connectivity index (χ2v) is 6.26. The lowest BCUT2D eigenvalue weighted by molar-refractivity contribution is -0.123. The summed E-state index contributed by atoms with van der Waals surface area (Å²) in [4.78, 5) is 12.0. The molecule has 0 aromatic carbocycles. The number of amides is 1. The van der Waals surface area contributed by atoms with E-state index in [1.54, 1.807) is 0 Å². The van der Waals surface area contributed by atoms with Gasteiger partial charge in [-0.05, 0) is 37.0 Å². The molecular formula is C13H22BrNO. The summed E-state index contributed by atoms with van der Waals surface area (Å²) in [6.07, 6.45) is 6.40. The van der Waals surface area contributed by atoms with Gasteiger partial charge in [0.2, 0.25) is 5.91 Å². The van der Waals surface area contributed by atoms with Gasteiger partial charge in [0.1, 0.15) is 0 Å². The largest absolute Gasteiger partial charge is 0.356 e. The number of rotatable bonds is 5. The van der Waals surface area contributed by atoms with Gasteiger partial charge in [0.05, 0.1) is 0 Å². The van der Waals surface area contributed by atoms with Crippen molar-refractivity contribution in [1.82, 2.24) is 5.32 Å². The van der Waals surface area contributed by atoms with Gasteiger partial charge in [0, 0.05) is 17.8 Å². The second kappa shape index (κ2) is 5.52. The Morgan fingerprint density at radius 1 is 1.38 bits per heavy atom. The first-order chi connectivity index (χ1) is 7.74. The number of fused-ring (bicyclic) bond motifs is 1. The van der Waals surface area contributed by atoms with E-state index in [0.717, 1.165) is 30.1 Å². The molecule has 0 aliphatic heterocycles. The molecule has 3 atom stereocenters. The molecule has 2 aliphatic rings. The van der Waals surface area contributed by atoms with Crippen LogP contribution in [0.4, 0.5) is 0 Å². The van der Waals surface area contributed by atoms with Crippen LogP contribution in [0.3, 0.4) is 0 Å². The third-order valence-corrected chi connectivity index (χ3v) is 4.64. The van der Waals surface area contributed by atoms with E-state index in [0.29, 0.717) is 17.7 Å². The Morgan fingerprint density at radius 2 is 2.00 bits per heavy atom. The zero-order valence-electron chi connectivity index (χ0n) is 10.0. The van der Waals surface area contributed by atoms with Crippen molar-refractivity contribution in [2.45, 2.75) is 39.0 Å². The van der Waals surface area contributed by atoms with Crippen LogP contribution in [0.1, 0.15) is 39.0 Å². The molecule has 0 radical (unpaired) electrons. The maximum atomic E-state index is 12.0. The summed E-state index contributed by atoms with van der Waals surface area (Å²) in [7, 11) is 0. The van der Waals surface area contributed by atoms with E-state index in [1.807, 2.05) is 0 Å². The molecule has 0 aromatic rings. The Bertz CT molecular complexity index is 244. The number of nitrogens with one attached hydrogen (secondary N) is 1. The Balaban J connectivity index is 1.69. The van der Waals surface area contributed by atoms with Crippen molar-refractivity contribution >= 4 is 21.8 Å². The quantitative estimate of drug-likeness (QED) is 0.774. The summed E-state index contributed by atoms with van der Waals surface area (Å²) in [5.74, 6) is 2.77. The van der Waals surface area contributed by atoms with Gasteiger partial charge in [-0.1, -0.05) is 35.7 Å². The Labute approximate surface area is 107 Å². The summed E-state index contributed by atoms with van der Waals surface area (Å²) < 4.78 is 0. The van der Waals surface area contributed by atoms with Gasteiger partial charge in [0.25, 0.3) is 0 Å². The van der Waals surface area contributed by atoms with Crippen molar-refractivity contribution in [2.75, 3.05) is 11.9 Å². The lowest BCUT2D eigenvalue weighted by Gasteiger charge is -2.10. The number of carbonyl (C=O) groups is 1. The van der Waals surface area contributed by atoms with E-state index >= 15 is 0 Å². The van der Waals surface area contributed by atoms with Gasteiger partial charge in [-0.15, -0.1) is 0 Å². The lowest BCUT2D eigenvalue weighted by atomic mass is 10.0. The fourth-order valence-corrected chi connectivity index (χ4v) is 3.84. The fourth-order valence-electron chi connectivity index (χ4n) is 3.06. The maximum absolute atomic E-state index is 12.0. The summed E-state index contributed by atoms with van der Waals surface area (Å²) in [6, 6.07) is 0. The summed E-state index contributed by atoms with van der Waals surface area (Å²) in [5, 5.41) is 4.15. The van der Waals surface area contributed by atoms with Crippen molar-refractivity contribution in [3.8, 4) is 0 Å². The zero-order chi connectivity index (χ0) is 11.5. The van der Waals surface area contributed by atoms with Crippen LogP contribution in [-0.4, -0.2) is 17.8 Å². The number of hydrogen-bond acceptors (Lipinski definition) is 1. The summed E-state index contributed by atoms with van der Waals surface area (Å²) >= 11 is 3.44. The van der Waals surface area contributed by atoms with Crippen molar-refractivity contribution in [3.63, 3.8) is 0 Å². The molecule has 0 saturated heterocycles. The zero-order valence-corrected chi connectivity index (χ0v) is 11.6. The van der Waals surface area contributed by atoms with Gasteiger partial charge in [-0.3, -0.25) is 4.79 Å². The Hall–Kier alpha value is -0.0500. The molecule has 2 aliphatic carbocycles. The molecule has 0 heterocycles. The van der Waals surface area contributed by atoms with Gasteiger partial charge >= 0.3 is 0 Å². The molecule has 0 bridgehead atoms. The van der Waals surface area contributed by atoms with Crippen LogP contribution in [0.25, 0.3) is 0 Å². The lowest BCUT2D eigenvalue weighted by Crippen LogP contribution is -2.30. The van der Waals surface area contributed by atoms with Crippen LogP contribution in [0, 0.1) is 23.7 Å². The average Bonchev–Trinajstić information content (AvgIpc) is 3.00. The highest BCUT2D eigenvalue weighted by Crippen LogP contribution is 2.55. The van der Waals surface area contributed by atoms with Crippen molar-refractivity contribution in [1.29, 1.82) is 0 Å². The van der Waals surface area contributed by atoms with Crippen LogP contribution in [0.2, 0.25) is 0 Å². The Morgan fingerprint density at radius 3 is 2.56 bits per heavy atom. The highest BCUT2D eigenvalue weighted by molar-refractivity contribution is 9.09. The average molecular weight is 288 g/mol. The van der Waals surface area contributed by atoms with E-state index in [9.17, 15) is 4.79 Å². The fraction of sp³-hybridized carbons (Fsp3) is 0.923. The highest BCUT2D eigenvalue weighted by atomic mass is 79.9. The molecule has 3 unspecified atom stereocenters. The monoisotopic (exact) mass is 287 g/mol. The molecule has 3 heteroatoms. The predicted octanol–water partition coefficient (Wildman–Crippen LogP) is 2.96. The molecule has 1 N–H and O–H groups in total. The van der Waals surface area contributed by atoms with Crippen LogP contribution < -0.4 is 5.32 Å². The number of alkyl halides is 1. The molecule has 2 fully saturated rings. The molecule has 16 heavy (non-hydrogen) atoms. The first kappa shape index (κ1) is 12.4. The van der Waals surface area contributed by atoms with Crippen molar-refractivity contribution in [2.24, 2.45) is 23.7 Å². The minimum Gasteiger partial charge on any atom is -0.356 e. The molecule has 1 amide bonds. The summed E-state index contributed by atoms with van der Waals surface area (Å²) in [6.45, 7) is 3.04. The molecule has 2 saturated carbocycles. The van der Waals surface area contributed by atoms with E-state index in [2.05, 4.69) is 28.2 Å². The van der Waals surface area contributed by atoms with Crippen molar-refractivity contribution in [3.05, 3.63) is 0 Å². The van der Waals surface area contributed by atoms with Crippen molar-refractivity contribution < 1.29 is 4.79 Å². The molecule has 0 spiro atoms. The third-order valence-electron chi connectivity index (χ3n) is 4.19. The van der Waals surface area contributed by atoms with Crippen LogP contribution in [-0.2, 0) is 4.79 Å². The molecule has 0 aromatic heterocycles. The van der Waals surface area contributed by atoms with Gasteiger partial charge in [-0.2, -0.15) is 0 Å². The minimum atomic E-state index is 0.332. The van der Waals surface area contributed by atoms with Crippen LogP contribution in [0.15, 0.2) is 0 Å². The summed E-state index contributed by atoms with van der Waals surface area (Å²) in [5.41, 5.74) is 0. The van der Waals surface area contributed by atoms with Gasteiger partial charge in [0.15, 0.2) is 0 Å². The maximum Gasteiger partial charge on any atom is 0.223 e. The van der Waals surface area contributed by atoms with Gasteiger partial charge < -0.3 is 5.32 Å². The van der Waals surface area contributed by atoms with Crippen LogP contribution in [0.5, 0.6) is 0 Å². The molecule has 92 valence electrons. The third kappa shape index (κ3) is 2.79. The van der Waals surface area contributed by atoms with Gasteiger partial charge in [-0.25, -0.2) is 0 Å². The Kier molecular flexibility index (Phi) is 4.28. The minimum absolute atomic E-state index is 0.332. The normalized spacial score (nSPS) is 34.0. The highest BCUT2D eigenvalue weighted by Gasteiger charge is 2.54. The smallest absolute Gasteiger partial charge is 0.223 e. The van der Waals surface area contributed by atoms with E-state index in [4.69, 9.17) is 0 Å². The van der Waals surface area contributed by atoms with E-state index < -0.39 is 0 Å². The standard InChI is InChI=1S/C13H22BrNO/c1-9(6-7-14)8-15-13(16)12-10-4-2-3-5-11(10)12/h9-12H,2-8H2,1H3,(H,15,16). The first-order valence-electron chi connectivity index (χ1n) is 6.57. The van der Waals surface area contributed by atoms with Crippen LogP contribution >= 0.6 is 15.9 Å². The number of hydrogen-bond donors (Lipinski definition) is 1. The SMILES string of the molecule is CC(CCBr)CNC(=O)C1C2CCCCC21. The molecule has 2 nitrogen and oxygen atoms in total. The topological polar surface area (TPSA) is 29.1 Å².